The van der Waals surface area contributed by atoms with E-state index in [1.807, 2.05) is 16.9 Å². The average Bonchev–Trinajstić information content (AvgIpc) is 3.18. The lowest BCUT2D eigenvalue weighted by atomic mass is 9.72. The molecule has 5 heteroatoms. The first-order valence-electron chi connectivity index (χ1n) is 8.50. The number of rotatable bonds is 4. The van der Waals surface area contributed by atoms with E-state index in [1.54, 1.807) is 6.20 Å². The first-order chi connectivity index (χ1) is 11.3. The van der Waals surface area contributed by atoms with Gasteiger partial charge in [-0.05, 0) is 43.1 Å². The molecule has 0 radical (unpaired) electrons. The summed E-state index contributed by atoms with van der Waals surface area (Å²) in [7, 11) is 0. The van der Waals surface area contributed by atoms with E-state index in [4.69, 9.17) is 0 Å². The lowest BCUT2D eigenvalue weighted by molar-refractivity contribution is 0.0441. The SMILES string of the molecule is O[C@@H]1[C@@H](NCCn2cccn2)c2ccccc2C12CCNCC2. The highest BCUT2D eigenvalue weighted by Gasteiger charge is 2.51. The van der Waals surface area contributed by atoms with Crippen molar-refractivity contribution in [2.24, 2.45) is 0 Å². The van der Waals surface area contributed by atoms with Crippen molar-refractivity contribution in [3.63, 3.8) is 0 Å². The molecule has 2 aliphatic rings. The van der Waals surface area contributed by atoms with Crippen LogP contribution < -0.4 is 10.6 Å². The first kappa shape index (κ1) is 14.9. The molecule has 3 N–H and O–H groups in total. The van der Waals surface area contributed by atoms with Crippen LogP contribution >= 0.6 is 0 Å². The largest absolute Gasteiger partial charge is 0.390 e. The summed E-state index contributed by atoms with van der Waals surface area (Å²) in [5.74, 6) is 0. The van der Waals surface area contributed by atoms with Gasteiger partial charge in [-0.25, -0.2) is 0 Å². The summed E-state index contributed by atoms with van der Waals surface area (Å²) in [5.41, 5.74) is 2.51. The van der Waals surface area contributed by atoms with E-state index >= 15 is 0 Å². The van der Waals surface area contributed by atoms with Crippen LogP contribution in [0.25, 0.3) is 0 Å². The molecule has 4 rings (SSSR count). The summed E-state index contributed by atoms with van der Waals surface area (Å²) in [6, 6.07) is 10.5. The summed E-state index contributed by atoms with van der Waals surface area (Å²) in [6.07, 6.45) is 5.41. The quantitative estimate of drug-likeness (QED) is 0.794. The zero-order valence-corrected chi connectivity index (χ0v) is 13.3. The highest BCUT2D eigenvalue weighted by atomic mass is 16.3. The van der Waals surface area contributed by atoms with Crippen LogP contribution in [0.15, 0.2) is 42.7 Å². The van der Waals surface area contributed by atoms with E-state index in [0.29, 0.717) is 0 Å². The maximum absolute atomic E-state index is 11.1. The molecule has 5 nitrogen and oxygen atoms in total. The van der Waals surface area contributed by atoms with Crippen molar-refractivity contribution in [1.82, 2.24) is 20.4 Å². The second kappa shape index (κ2) is 6.07. The highest BCUT2D eigenvalue weighted by Crippen LogP contribution is 2.49. The fourth-order valence-electron chi connectivity index (χ4n) is 4.30. The van der Waals surface area contributed by atoms with Gasteiger partial charge in [-0.15, -0.1) is 0 Å². The molecule has 0 saturated carbocycles. The molecular weight excluding hydrogens is 288 g/mol. The Morgan fingerprint density at radius 3 is 2.87 bits per heavy atom. The standard InChI is InChI=1S/C18H24N4O/c23-17-16(20-11-13-22-12-3-8-21-22)14-4-1-2-5-15(14)18(17)6-9-19-10-7-18/h1-5,8,12,16-17,19-20,23H,6-7,9-11,13H2/t16-,17+/m0/s1. The van der Waals surface area contributed by atoms with Gasteiger partial charge in [0.05, 0.1) is 18.7 Å². The molecule has 1 aliphatic carbocycles. The van der Waals surface area contributed by atoms with E-state index in [2.05, 4.69) is 40.0 Å². The van der Waals surface area contributed by atoms with Crippen molar-refractivity contribution in [2.75, 3.05) is 19.6 Å². The minimum Gasteiger partial charge on any atom is -0.390 e. The molecular formula is C18H24N4O. The van der Waals surface area contributed by atoms with Crippen molar-refractivity contribution in [2.45, 2.75) is 36.9 Å². The summed E-state index contributed by atoms with van der Waals surface area (Å²) in [5, 5.41) is 22.3. The number of benzene rings is 1. The normalized spacial score (nSPS) is 25.6. The van der Waals surface area contributed by atoms with Gasteiger partial charge < -0.3 is 15.7 Å². The third-order valence-corrected chi connectivity index (χ3v) is 5.47. The Morgan fingerprint density at radius 1 is 1.26 bits per heavy atom. The number of hydrogen-bond donors (Lipinski definition) is 3. The van der Waals surface area contributed by atoms with Crippen LogP contribution in [0.3, 0.4) is 0 Å². The number of hydrogen-bond acceptors (Lipinski definition) is 4. The van der Waals surface area contributed by atoms with Crippen molar-refractivity contribution >= 4 is 0 Å². The molecule has 0 bridgehead atoms. The number of fused-ring (bicyclic) bond motifs is 2. The fraction of sp³-hybridized carbons (Fsp3) is 0.500. The molecule has 1 spiro atoms. The molecule has 1 aromatic carbocycles. The molecule has 1 fully saturated rings. The molecule has 2 heterocycles. The lowest BCUT2D eigenvalue weighted by Gasteiger charge is -2.39. The Labute approximate surface area is 136 Å². The van der Waals surface area contributed by atoms with Gasteiger partial charge in [-0.1, -0.05) is 24.3 Å². The minimum atomic E-state index is -0.361. The maximum Gasteiger partial charge on any atom is 0.0832 e. The smallest absolute Gasteiger partial charge is 0.0832 e. The second-order valence-corrected chi connectivity index (χ2v) is 6.64. The average molecular weight is 312 g/mol. The van der Waals surface area contributed by atoms with E-state index < -0.39 is 0 Å². The van der Waals surface area contributed by atoms with Crippen LogP contribution in [-0.4, -0.2) is 40.6 Å². The van der Waals surface area contributed by atoms with E-state index in [0.717, 1.165) is 39.0 Å². The summed E-state index contributed by atoms with van der Waals surface area (Å²) >= 11 is 0. The topological polar surface area (TPSA) is 62.1 Å². The van der Waals surface area contributed by atoms with Crippen LogP contribution in [0.5, 0.6) is 0 Å². The molecule has 0 unspecified atom stereocenters. The second-order valence-electron chi connectivity index (χ2n) is 6.64. The molecule has 1 aromatic heterocycles. The Hall–Kier alpha value is -1.69. The van der Waals surface area contributed by atoms with Crippen LogP contribution in [0.2, 0.25) is 0 Å². The number of nitrogens with one attached hydrogen (secondary N) is 2. The van der Waals surface area contributed by atoms with Crippen molar-refractivity contribution in [3.05, 3.63) is 53.9 Å². The minimum absolute atomic E-state index is 0.0138. The van der Waals surface area contributed by atoms with E-state index in [-0.39, 0.29) is 17.6 Å². The van der Waals surface area contributed by atoms with Crippen LogP contribution in [0.4, 0.5) is 0 Å². The third kappa shape index (κ3) is 2.49. The number of aromatic nitrogens is 2. The highest BCUT2D eigenvalue weighted by molar-refractivity contribution is 5.45. The molecule has 2 aromatic rings. The Kier molecular flexibility index (Phi) is 3.93. The van der Waals surface area contributed by atoms with Gasteiger partial charge in [0.25, 0.3) is 0 Å². The number of aliphatic hydroxyl groups is 1. The van der Waals surface area contributed by atoms with E-state index in [9.17, 15) is 5.11 Å². The van der Waals surface area contributed by atoms with Gasteiger partial charge in [-0.2, -0.15) is 5.10 Å². The molecule has 2 atom stereocenters. The third-order valence-electron chi connectivity index (χ3n) is 5.47. The molecule has 23 heavy (non-hydrogen) atoms. The number of nitrogens with zero attached hydrogens (tertiary/aromatic N) is 2. The van der Waals surface area contributed by atoms with Gasteiger partial charge >= 0.3 is 0 Å². The Morgan fingerprint density at radius 2 is 2.09 bits per heavy atom. The molecule has 1 saturated heterocycles. The van der Waals surface area contributed by atoms with Gasteiger partial charge in [-0.3, -0.25) is 4.68 Å². The van der Waals surface area contributed by atoms with Crippen molar-refractivity contribution in [3.8, 4) is 0 Å². The predicted octanol–water partition coefficient (Wildman–Crippen LogP) is 1.21. The zero-order chi connectivity index (χ0) is 15.7. The van der Waals surface area contributed by atoms with Crippen LogP contribution in [0, 0.1) is 0 Å². The fourth-order valence-corrected chi connectivity index (χ4v) is 4.30. The van der Waals surface area contributed by atoms with Gasteiger partial charge in [0.2, 0.25) is 0 Å². The van der Waals surface area contributed by atoms with Crippen molar-refractivity contribution < 1.29 is 5.11 Å². The van der Waals surface area contributed by atoms with Crippen LogP contribution in [-0.2, 0) is 12.0 Å². The number of aliphatic hydroxyl groups excluding tert-OH is 1. The Bertz CT molecular complexity index is 649. The summed E-state index contributed by atoms with van der Waals surface area (Å²) in [4.78, 5) is 0. The van der Waals surface area contributed by atoms with Crippen LogP contribution in [0.1, 0.15) is 30.0 Å². The molecule has 0 amide bonds. The van der Waals surface area contributed by atoms with Gasteiger partial charge in [0.1, 0.15) is 0 Å². The monoisotopic (exact) mass is 312 g/mol. The molecule has 1 aliphatic heterocycles. The maximum atomic E-state index is 11.1. The lowest BCUT2D eigenvalue weighted by Crippen LogP contribution is -2.48. The summed E-state index contributed by atoms with van der Waals surface area (Å²) in [6.45, 7) is 3.57. The number of piperidine rings is 1. The van der Waals surface area contributed by atoms with Gasteiger partial charge in [0.15, 0.2) is 0 Å². The zero-order valence-electron chi connectivity index (χ0n) is 13.3. The molecule has 122 valence electrons. The first-order valence-corrected chi connectivity index (χ1v) is 8.50. The predicted molar refractivity (Wildman–Crippen MR) is 89.2 cm³/mol. The van der Waals surface area contributed by atoms with Crippen molar-refractivity contribution in [1.29, 1.82) is 0 Å². The van der Waals surface area contributed by atoms with E-state index in [1.165, 1.54) is 11.1 Å². The van der Waals surface area contributed by atoms with Gasteiger partial charge in [0, 0.05) is 24.4 Å². The Balaban J connectivity index is 1.55. The summed E-state index contributed by atoms with van der Waals surface area (Å²) < 4.78 is 1.92.